The molecule has 4 aromatic rings. The highest BCUT2D eigenvalue weighted by Crippen LogP contribution is 2.43. The summed E-state index contributed by atoms with van der Waals surface area (Å²) < 4.78 is 17.3. The molecule has 1 aliphatic heterocycles. The Kier molecular flexibility index (Phi) is 11.9. The van der Waals surface area contributed by atoms with E-state index < -0.39 is 11.9 Å². The summed E-state index contributed by atoms with van der Waals surface area (Å²) in [6.07, 6.45) is 5.97. The van der Waals surface area contributed by atoms with Gasteiger partial charge in [-0.05, 0) is 97.7 Å². The van der Waals surface area contributed by atoms with Gasteiger partial charge in [0.05, 0.1) is 26.0 Å². The van der Waals surface area contributed by atoms with E-state index in [1.165, 1.54) is 26.0 Å². The van der Waals surface area contributed by atoms with Gasteiger partial charge in [-0.3, -0.25) is 9.59 Å². The highest BCUT2D eigenvalue weighted by molar-refractivity contribution is 7.13. The summed E-state index contributed by atoms with van der Waals surface area (Å²) in [7, 11) is 3.20. The van der Waals surface area contributed by atoms with Crippen LogP contribution in [0, 0.1) is 5.92 Å². The van der Waals surface area contributed by atoms with Crippen LogP contribution in [0.4, 0.5) is 5.69 Å². The quantitative estimate of drug-likeness (QED) is 0.120. The Morgan fingerprint density at radius 2 is 1.94 bits per heavy atom. The largest absolute Gasteiger partial charge is 0.493 e. The van der Waals surface area contributed by atoms with Crippen molar-refractivity contribution in [2.45, 2.75) is 45.6 Å². The second-order valence-electron chi connectivity index (χ2n) is 11.7. The van der Waals surface area contributed by atoms with Crippen LogP contribution in [0.2, 0.25) is 0 Å². The molecule has 0 saturated heterocycles. The standard InChI is InChI=1S/C33H31N3O6S.C4H11N/c1-40-33(39)30-23(7-6-22(17-37)35-30)24-15-28-26(31-21(9-11-41-28)10-12-43-31)14-25(24)32(38)36-27-8-5-20(16-34)13-29(27)42-18-19-3-2-4-19;1-3-4-5-2/h5-8,10,12-15,17,19H,2-4,9,11,16,18,34H2,1H3,(H,36,38);5H,3-4H2,1-2H3. The molecule has 11 heteroatoms. The van der Waals surface area contributed by atoms with E-state index >= 15 is 0 Å². The number of esters is 1. The van der Waals surface area contributed by atoms with Crippen molar-refractivity contribution in [1.29, 1.82) is 0 Å². The highest BCUT2D eigenvalue weighted by Gasteiger charge is 2.27. The van der Waals surface area contributed by atoms with Crippen LogP contribution in [-0.4, -0.2) is 57.1 Å². The molecule has 1 aliphatic carbocycles. The van der Waals surface area contributed by atoms with Crippen molar-refractivity contribution in [2.24, 2.45) is 11.7 Å². The molecule has 4 N–H and O–H groups in total. The summed E-state index contributed by atoms with van der Waals surface area (Å²) in [6, 6.07) is 14.2. The zero-order valence-electron chi connectivity index (χ0n) is 27.6. The van der Waals surface area contributed by atoms with Crippen molar-refractivity contribution >= 4 is 35.2 Å². The van der Waals surface area contributed by atoms with Gasteiger partial charge < -0.3 is 30.6 Å². The Balaban J connectivity index is 0.000000840. The second-order valence-corrected chi connectivity index (χ2v) is 12.6. The van der Waals surface area contributed by atoms with Crippen LogP contribution in [-0.2, 0) is 17.7 Å². The maximum absolute atomic E-state index is 14.2. The molecule has 10 nitrogen and oxygen atoms in total. The molecule has 2 aromatic heterocycles. The third-order valence-corrected chi connectivity index (χ3v) is 9.41. The molecule has 0 spiro atoms. The third-order valence-electron chi connectivity index (χ3n) is 8.42. The Morgan fingerprint density at radius 3 is 2.60 bits per heavy atom. The number of fused-ring (bicyclic) bond motifs is 3. The number of pyridine rings is 1. The number of benzene rings is 2. The second kappa shape index (κ2) is 16.5. The number of nitrogens with zero attached hydrogens (tertiary/aromatic N) is 1. The Hall–Kier alpha value is -4.58. The monoisotopic (exact) mass is 670 g/mol. The maximum atomic E-state index is 14.2. The van der Waals surface area contributed by atoms with E-state index in [9.17, 15) is 14.4 Å². The summed E-state index contributed by atoms with van der Waals surface area (Å²) in [4.78, 5) is 43.8. The summed E-state index contributed by atoms with van der Waals surface area (Å²) in [5, 5.41) is 8.08. The van der Waals surface area contributed by atoms with Crippen LogP contribution in [0.1, 0.15) is 75.1 Å². The summed E-state index contributed by atoms with van der Waals surface area (Å²) in [6.45, 7) is 4.66. The normalized spacial score (nSPS) is 13.3. The number of nitrogens with two attached hydrogens (primary N) is 1. The minimum absolute atomic E-state index is 0.0673. The molecule has 1 saturated carbocycles. The van der Waals surface area contributed by atoms with Crippen LogP contribution in [0.15, 0.2) is 53.9 Å². The number of rotatable bonds is 11. The minimum Gasteiger partial charge on any atom is -0.493 e. The molecular formula is C37H42N4O6S. The lowest BCUT2D eigenvalue weighted by Crippen LogP contribution is -2.20. The average Bonchev–Trinajstić information content (AvgIpc) is 3.49. The van der Waals surface area contributed by atoms with Gasteiger partial charge in [0.2, 0.25) is 0 Å². The number of methoxy groups -OCH3 is 1. The number of amides is 1. The van der Waals surface area contributed by atoms with Gasteiger partial charge in [-0.2, -0.15) is 0 Å². The lowest BCUT2D eigenvalue weighted by atomic mass is 9.86. The summed E-state index contributed by atoms with van der Waals surface area (Å²) >= 11 is 1.58. The Labute approximate surface area is 285 Å². The van der Waals surface area contributed by atoms with Gasteiger partial charge in [-0.1, -0.05) is 19.4 Å². The molecule has 2 aromatic carbocycles. The number of nitrogens with one attached hydrogen (secondary N) is 2. The van der Waals surface area contributed by atoms with Gasteiger partial charge in [0.25, 0.3) is 5.91 Å². The predicted octanol–water partition coefficient (Wildman–Crippen LogP) is 6.52. The van der Waals surface area contributed by atoms with E-state index in [2.05, 4.69) is 28.6 Å². The molecule has 6 rings (SSSR count). The van der Waals surface area contributed by atoms with Crippen molar-refractivity contribution < 1.29 is 28.6 Å². The molecule has 0 atom stereocenters. The number of ether oxygens (including phenoxy) is 3. The maximum Gasteiger partial charge on any atom is 0.357 e. The van der Waals surface area contributed by atoms with E-state index in [1.54, 1.807) is 35.6 Å². The van der Waals surface area contributed by atoms with Crippen LogP contribution in [0.5, 0.6) is 11.5 Å². The first-order valence-electron chi connectivity index (χ1n) is 16.2. The van der Waals surface area contributed by atoms with Crippen molar-refractivity contribution in [3.8, 4) is 33.1 Å². The SMILES string of the molecule is CCCNC.COC(=O)c1nc(C=O)ccc1-c1cc2c(cc1C(=O)Nc1ccc(CN)cc1OCC1CCC1)-c1sccc1CCO2. The molecule has 0 bridgehead atoms. The van der Waals surface area contributed by atoms with E-state index in [0.717, 1.165) is 47.4 Å². The first kappa shape index (κ1) is 34.7. The van der Waals surface area contributed by atoms with E-state index in [1.807, 2.05) is 24.6 Å². The van der Waals surface area contributed by atoms with Crippen LogP contribution >= 0.6 is 11.3 Å². The molecule has 252 valence electrons. The molecule has 3 heterocycles. The molecule has 1 fully saturated rings. The molecular weight excluding hydrogens is 628 g/mol. The number of aromatic nitrogens is 1. The molecule has 1 amide bonds. The predicted molar refractivity (Wildman–Crippen MR) is 188 cm³/mol. The topological polar surface area (TPSA) is 142 Å². The number of hydrogen-bond donors (Lipinski definition) is 3. The number of aldehydes is 1. The lowest BCUT2D eigenvalue weighted by Gasteiger charge is -2.26. The number of hydrogen-bond acceptors (Lipinski definition) is 10. The van der Waals surface area contributed by atoms with Gasteiger partial charge in [-0.25, -0.2) is 9.78 Å². The number of thiophene rings is 1. The van der Waals surface area contributed by atoms with Crippen molar-refractivity contribution in [1.82, 2.24) is 10.3 Å². The van der Waals surface area contributed by atoms with Crippen molar-refractivity contribution in [3.05, 3.63) is 82.0 Å². The zero-order chi connectivity index (χ0) is 34.0. The Morgan fingerprint density at radius 1 is 1.10 bits per heavy atom. The first-order chi connectivity index (χ1) is 23.4. The fraction of sp³-hybridized carbons (Fsp3) is 0.351. The fourth-order valence-electron chi connectivity index (χ4n) is 5.56. The van der Waals surface area contributed by atoms with Gasteiger partial charge in [0.1, 0.15) is 17.2 Å². The van der Waals surface area contributed by atoms with Crippen LogP contribution in [0.3, 0.4) is 0 Å². The van der Waals surface area contributed by atoms with E-state index in [0.29, 0.717) is 65.8 Å². The third kappa shape index (κ3) is 7.92. The van der Waals surface area contributed by atoms with Crippen LogP contribution < -0.4 is 25.8 Å². The van der Waals surface area contributed by atoms with Gasteiger partial charge >= 0.3 is 5.97 Å². The minimum atomic E-state index is -0.731. The van der Waals surface area contributed by atoms with Crippen molar-refractivity contribution in [2.75, 3.05) is 39.2 Å². The molecule has 2 aliphatic rings. The van der Waals surface area contributed by atoms with E-state index in [-0.39, 0.29) is 11.4 Å². The highest BCUT2D eigenvalue weighted by atomic mass is 32.1. The van der Waals surface area contributed by atoms with Gasteiger partial charge in [0, 0.05) is 40.1 Å². The van der Waals surface area contributed by atoms with Crippen molar-refractivity contribution in [3.63, 3.8) is 0 Å². The van der Waals surface area contributed by atoms with Gasteiger partial charge in [0.15, 0.2) is 12.0 Å². The lowest BCUT2D eigenvalue weighted by molar-refractivity contribution is 0.0594. The summed E-state index contributed by atoms with van der Waals surface area (Å²) in [5.41, 5.74) is 10.3. The van der Waals surface area contributed by atoms with Gasteiger partial charge in [-0.15, -0.1) is 11.3 Å². The number of anilines is 1. The summed E-state index contributed by atoms with van der Waals surface area (Å²) in [5.74, 6) is 0.491. The first-order valence-corrected chi connectivity index (χ1v) is 17.1. The number of carbonyl (C=O) groups is 3. The van der Waals surface area contributed by atoms with Crippen LogP contribution in [0.25, 0.3) is 21.6 Å². The zero-order valence-corrected chi connectivity index (χ0v) is 28.4. The molecule has 48 heavy (non-hydrogen) atoms. The molecule has 0 radical (unpaired) electrons. The fourth-order valence-corrected chi connectivity index (χ4v) is 6.54. The number of carbonyl (C=O) groups excluding carboxylic acids is 3. The molecule has 0 unspecified atom stereocenters. The smallest absolute Gasteiger partial charge is 0.357 e. The Bertz CT molecular complexity index is 1760. The van der Waals surface area contributed by atoms with E-state index in [4.69, 9.17) is 19.9 Å². The average molecular weight is 671 g/mol.